The number of hydrogen-bond donors (Lipinski definition) is 4. The summed E-state index contributed by atoms with van der Waals surface area (Å²) in [4.78, 5) is 16.5. The first-order chi connectivity index (χ1) is 19.9. The van der Waals surface area contributed by atoms with Crippen LogP contribution in [0.2, 0.25) is 0 Å². The number of carbonyl (C=O) groups excluding carboxylic acids is 1. The van der Waals surface area contributed by atoms with Gasteiger partial charge in [-0.3, -0.25) is 4.79 Å². The molecule has 0 spiro atoms. The fourth-order valence-corrected chi connectivity index (χ4v) is 11.5. The number of nitrogens with zero attached hydrogens (tertiary/aromatic N) is 1. The highest BCUT2D eigenvalue weighted by molar-refractivity contribution is 5.83. The lowest BCUT2D eigenvalue weighted by molar-refractivity contribution is -0.315. The van der Waals surface area contributed by atoms with Crippen LogP contribution in [-0.4, -0.2) is 94.2 Å². The molecular formula is C34H57NO7. The van der Waals surface area contributed by atoms with Gasteiger partial charge in [0, 0.05) is 24.9 Å². The number of likely N-dealkylation sites (tertiary alicyclic amines) is 1. The summed E-state index contributed by atoms with van der Waals surface area (Å²) in [6, 6.07) is 0.691. The summed E-state index contributed by atoms with van der Waals surface area (Å²) in [5.74, 6) is 5.72. The van der Waals surface area contributed by atoms with E-state index in [-0.39, 0.29) is 17.4 Å². The second-order valence-electron chi connectivity index (χ2n) is 15.9. The Morgan fingerprint density at radius 2 is 1.76 bits per heavy atom. The largest absolute Gasteiger partial charge is 0.394 e. The normalized spacial score (nSPS) is 54.1. The summed E-state index contributed by atoms with van der Waals surface area (Å²) in [7, 11) is 2.33. The fraction of sp³-hybridized carbons (Fsp3) is 0.971. The Hall–Kier alpha value is -0.610. The van der Waals surface area contributed by atoms with Crippen molar-refractivity contribution in [3.63, 3.8) is 0 Å². The molecule has 0 amide bonds. The Morgan fingerprint density at radius 1 is 1.00 bits per heavy atom. The molecule has 42 heavy (non-hydrogen) atoms. The van der Waals surface area contributed by atoms with E-state index < -0.39 is 37.3 Å². The van der Waals surface area contributed by atoms with Crippen LogP contribution >= 0.6 is 0 Å². The van der Waals surface area contributed by atoms with Gasteiger partial charge in [0.25, 0.3) is 0 Å². The van der Waals surface area contributed by atoms with Crippen molar-refractivity contribution in [2.24, 2.45) is 58.7 Å². The minimum Gasteiger partial charge on any atom is -0.394 e. The Kier molecular flexibility index (Phi) is 8.93. The van der Waals surface area contributed by atoms with E-state index >= 15 is 0 Å². The third kappa shape index (κ3) is 5.23. The first-order valence-corrected chi connectivity index (χ1v) is 17.1. The Balaban J connectivity index is 1.12. The number of piperidine rings is 1. The molecule has 17 atom stereocenters. The maximum absolute atomic E-state index is 13.8. The summed E-state index contributed by atoms with van der Waals surface area (Å²) in [6.45, 7) is 10.6. The van der Waals surface area contributed by atoms with Crippen LogP contribution < -0.4 is 0 Å². The molecular weight excluding hydrogens is 534 g/mol. The highest BCUT2D eigenvalue weighted by Crippen LogP contribution is 2.65. The van der Waals surface area contributed by atoms with E-state index in [0.29, 0.717) is 60.2 Å². The molecule has 8 nitrogen and oxygen atoms in total. The van der Waals surface area contributed by atoms with Gasteiger partial charge in [-0.05, 0) is 111 Å². The van der Waals surface area contributed by atoms with Crippen LogP contribution in [0.25, 0.3) is 0 Å². The molecule has 6 aliphatic rings. The average molecular weight is 592 g/mol. The molecule has 2 aliphatic heterocycles. The van der Waals surface area contributed by atoms with E-state index in [9.17, 15) is 25.2 Å². The number of ketones is 1. The van der Waals surface area contributed by atoms with Gasteiger partial charge in [-0.2, -0.15) is 0 Å². The lowest BCUT2D eigenvalue weighted by atomic mass is 9.51. The molecule has 2 heterocycles. The third-order valence-corrected chi connectivity index (χ3v) is 13.9. The highest BCUT2D eigenvalue weighted by atomic mass is 16.7. The summed E-state index contributed by atoms with van der Waals surface area (Å²) >= 11 is 0. The van der Waals surface area contributed by atoms with Crippen LogP contribution in [0.1, 0.15) is 85.5 Å². The van der Waals surface area contributed by atoms with Crippen LogP contribution in [0.5, 0.6) is 0 Å². The molecule has 0 radical (unpaired) electrons. The molecule has 8 heteroatoms. The van der Waals surface area contributed by atoms with Crippen molar-refractivity contribution in [1.82, 2.24) is 4.90 Å². The predicted octanol–water partition coefficient (Wildman–Crippen LogP) is 3.23. The lowest BCUT2D eigenvalue weighted by Crippen LogP contribution is -2.60. The number of aliphatic hydroxyl groups excluding tert-OH is 4. The van der Waals surface area contributed by atoms with E-state index in [2.05, 4.69) is 39.6 Å². The number of rotatable bonds is 5. The van der Waals surface area contributed by atoms with E-state index in [1.165, 1.54) is 38.6 Å². The second-order valence-corrected chi connectivity index (χ2v) is 15.9. The maximum atomic E-state index is 13.8. The number of Topliss-reactive ketones (excluding diaryl/α,β-unsaturated/α-hetero) is 1. The smallest absolute Gasteiger partial charge is 0.186 e. The van der Waals surface area contributed by atoms with Gasteiger partial charge >= 0.3 is 0 Å². The topological polar surface area (TPSA) is 120 Å². The van der Waals surface area contributed by atoms with Crippen molar-refractivity contribution in [3.8, 4) is 0 Å². The zero-order chi connectivity index (χ0) is 30.1. The van der Waals surface area contributed by atoms with Crippen molar-refractivity contribution in [2.45, 2.75) is 128 Å². The molecule has 12 unspecified atom stereocenters. The van der Waals surface area contributed by atoms with Gasteiger partial charge in [0.15, 0.2) is 6.29 Å². The molecule has 240 valence electrons. The van der Waals surface area contributed by atoms with Crippen LogP contribution in [0.4, 0.5) is 0 Å². The Bertz CT molecular complexity index is 978. The standard InChI is InChI=1S/C34H57NO7/c1-17-6-9-27(35(5)15-17)19(3)21-7-8-22-23(18(21)2)13-25-24(22)14-28(37)26-12-20(10-11-34(25,26)4)41-33-32(40)31(39)30(38)29(16-36)42-33/h17-27,29-33,36,38-40H,6-16H2,1-5H3/t17?,18?,19?,20?,21?,22?,23?,24?,25?,26?,27?,29-,30-,31-,32-,33-,34?/m1/s1. The molecule has 0 bridgehead atoms. The van der Waals surface area contributed by atoms with Gasteiger partial charge < -0.3 is 34.8 Å². The van der Waals surface area contributed by atoms with Crippen molar-refractivity contribution >= 4 is 5.78 Å². The molecule has 6 fully saturated rings. The second kappa shape index (κ2) is 12.0. The van der Waals surface area contributed by atoms with Crippen LogP contribution in [-0.2, 0) is 14.3 Å². The van der Waals surface area contributed by atoms with E-state index in [1.54, 1.807) is 0 Å². The van der Waals surface area contributed by atoms with E-state index in [0.717, 1.165) is 24.7 Å². The van der Waals surface area contributed by atoms with Gasteiger partial charge in [0.1, 0.15) is 30.2 Å². The van der Waals surface area contributed by atoms with Crippen molar-refractivity contribution in [2.75, 3.05) is 20.2 Å². The first-order valence-electron chi connectivity index (χ1n) is 17.1. The van der Waals surface area contributed by atoms with Crippen molar-refractivity contribution < 1.29 is 34.7 Å². The van der Waals surface area contributed by atoms with Gasteiger partial charge in [-0.15, -0.1) is 0 Å². The first kappa shape index (κ1) is 31.4. The zero-order valence-electron chi connectivity index (χ0n) is 26.5. The number of hydrogen-bond acceptors (Lipinski definition) is 8. The van der Waals surface area contributed by atoms with Gasteiger partial charge in [-0.1, -0.05) is 27.7 Å². The molecule has 2 saturated heterocycles. The van der Waals surface area contributed by atoms with Gasteiger partial charge in [0.05, 0.1) is 12.7 Å². The molecule has 4 saturated carbocycles. The Labute approximate surface area is 252 Å². The minimum absolute atomic E-state index is 0.0346. The monoisotopic (exact) mass is 591 g/mol. The van der Waals surface area contributed by atoms with Gasteiger partial charge in [0.2, 0.25) is 0 Å². The molecule has 4 aliphatic carbocycles. The summed E-state index contributed by atoms with van der Waals surface area (Å²) in [5.41, 5.74) is -0.0346. The van der Waals surface area contributed by atoms with E-state index in [1.807, 2.05) is 0 Å². The molecule has 0 aromatic rings. The maximum Gasteiger partial charge on any atom is 0.186 e. The summed E-state index contributed by atoms with van der Waals surface area (Å²) in [5, 5.41) is 40.4. The summed E-state index contributed by atoms with van der Waals surface area (Å²) < 4.78 is 11.8. The highest BCUT2D eigenvalue weighted by Gasteiger charge is 2.62. The quantitative estimate of drug-likeness (QED) is 0.360. The predicted molar refractivity (Wildman–Crippen MR) is 158 cm³/mol. The number of aliphatic hydroxyl groups is 4. The number of fused-ring (bicyclic) bond motifs is 5. The lowest BCUT2D eigenvalue weighted by Gasteiger charge is -2.53. The SMILES string of the molecule is CC1CCC(C(C)C2CCC3C(CC4C3CC(=O)C3CC(O[C@@H]5O[C@H](CO)[C@@H](O)[C@@H](O)[C@H]5O)CCC34C)C2C)N(C)C1. The summed E-state index contributed by atoms with van der Waals surface area (Å²) in [6.07, 6.45) is 2.80. The molecule has 0 aromatic heterocycles. The Morgan fingerprint density at radius 3 is 2.48 bits per heavy atom. The van der Waals surface area contributed by atoms with Crippen molar-refractivity contribution in [1.29, 1.82) is 0 Å². The fourth-order valence-electron chi connectivity index (χ4n) is 11.5. The third-order valence-electron chi connectivity index (χ3n) is 13.9. The van der Waals surface area contributed by atoms with Crippen LogP contribution in [0.3, 0.4) is 0 Å². The van der Waals surface area contributed by atoms with Crippen molar-refractivity contribution in [3.05, 3.63) is 0 Å². The van der Waals surface area contributed by atoms with E-state index in [4.69, 9.17) is 9.47 Å². The average Bonchev–Trinajstić information content (AvgIpc) is 3.34. The number of ether oxygens (including phenoxy) is 2. The minimum atomic E-state index is -1.45. The molecule has 0 aromatic carbocycles. The van der Waals surface area contributed by atoms with Crippen LogP contribution in [0.15, 0.2) is 0 Å². The molecule has 4 N–H and O–H groups in total. The zero-order valence-corrected chi connectivity index (χ0v) is 26.5. The van der Waals surface area contributed by atoms with Gasteiger partial charge in [-0.25, -0.2) is 0 Å². The van der Waals surface area contributed by atoms with Crippen LogP contribution in [0, 0.1) is 58.7 Å². The number of carbonyl (C=O) groups is 1. The molecule has 6 rings (SSSR count).